The Morgan fingerprint density at radius 3 is 3.00 bits per heavy atom. The zero-order valence-electron chi connectivity index (χ0n) is 14.1. The molecule has 0 bridgehead atoms. The SMILES string of the molecule is O=C(O)Cn1cc(CNC(=O)c2ccccc2SCC2CCCO2)nn1. The lowest BCUT2D eigenvalue weighted by Crippen LogP contribution is -2.23. The minimum atomic E-state index is -0.998. The standard InChI is InChI=1S/C17H20N4O4S/c22-16(23)10-21-9-12(19-20-21)8-18-17(24)14-5-1-2-6-15(14)26-11-13-4-3-7-25-13/h1-2,5-6,9,13H,3-4,7-8,10-11H2,(H,18,24)(H,22,23). The molecule has 26 heavy (non-hydrogen) atoms. The van der Waals surface area contributed by atoms with E-state index in [0.29, 0.717) is 11.3 Å². The van der Waals surface area contributed by atoms with Crippen molar-refractivity contribution in [1.82, 2.24) is 20.3 Å². The van der Waals surface area contributed by atoms with E-state index in [0.717, 1.165) is 30.1 Å². The van der Waals surface area contributed by atoms with Crippen molar-refractivity contribution in [2.24, 2.45) is 0 Å². The van der Waals surface area contributed by atoms with Crippen LogP contribution in [-0.2, 0) is 22.6 Å². The number of hydrogen-bond acceptors (Lipinski definition) is 6. The lowest BCUT2D eigenvalue weighted by atomic mass is 10.2. The van der Waals surface area contributed by atoms with Crippen molar-refractivity contribution < 1.29 is 19.4 Å². The van der Waals surface area contributed by atoms with Gasteiger partial charge in [0.15, 0.2) is 0 Å². The molecule has 9 heteroatoms. The van der Waals surface area contributed by atoms with Gasteiger partial charge in [0.1, 0.15) is 12.2 Å². The summed E-state index contributed by atoms with van der Waals surface area (Å²) < 4.78 is 6.85. The van der Waals surface area contributed by atoms with E-state index in [2.05, 4.69) is 15.6 Å². The highest BCUT2D eigenvalue weighted by atomic mass is 32.2. The first-order valence-corrected chi connectivity index (χ1v) is 9.33. The summed E-state index contributed by atoms with van der Waals surface area (Å²) in [4.78, 5) is 24.1. The van der Waals surface area contributed by atoms with Crippen molar-refractivity contribution in [3.63, 3.8) is 0 Å². The van der Waals surface area contributed by atoms with Gasteiger partial charge in [0.2, 0.25) is 0 Å². The molecule has 1 aromatic heterocycles. The number of aromatic nitrogens is 3. The Kier molecular flexibility index (Phi) is 6.24. The lowest BCUT2D eigenvalue weighted by Gasteiger charge is -2.12. The van der Waals surface area contributed by atoms with E-state index in [1.165, 1.54) is 10.9 Å². The summed E-state index contributed by atoms with van der Waals surface area (Å²) in [6.07, 6.45) is 3.91. The zero-order valence-corrected chi connectivity index (χ0v) is 14.9. The van der Waals surface area contributed by atoms with Gasteiger partial charge in [-0.15, -0.1) is 16.9 Å². The molecule has 2 N–H and O–H groups in total. The number of ether oxygens (including phenoxy) is 1. The molecule has 2 aromatic rings. The number of thioether (sulfide) groups is 1. The fourth-order valence-corrected chi connectivity index (χ4v) is 3.76. The topological polar surface area (TPSA) is 106 Å². The third-order valence-electron chi connectivity index (χ3n) is 3.89. The van der Waals surface area contributed by atoms with Crippen LogP contribution >= 0.6 is 11.8 Å². The number of amides is 1. The molecule has 1 amide bonds. The van der Waals surface area contributed by atoms with Crippen LogP contribution in [0, 0.1) is 0 Å². The van der Waals surface area contributed by atoms with Gasteiger partial charge >= 0.3 is 5.97 Å². The molecule has 0 radical (unpaired) electrons. The van der Waals surface area contributed by atoms with E-state index in [1.54, 1.807) is 17.8 Å². The summed E-state index contributed by atoms with van der Waals surface area (Å²) >= 11 is 1.62. The molecule has 1 unspecified atom stereocenters. The van der Waals surface area contributed by atoms with E-state index in [-0.39, 0.29) is 25.1 Å². The molecule has 2 heterocycles. The van der Waals surface area contributed by atoms with E-state index in [4.69, 9.17) is 9.84 Å². The number of carboxylic acids is 1. The predicted molar refractivity (Wildman–Crippen MR) is 95.0 cm³/mol. The molecule has 1 aliphatic rings. The number of carboxylic acid groups (broad SMARTS) is 1. The molecule has 1 atom stereocenters. The zero-order chi connectivity index (χ0) is 18.4. The second kappa shape index (κ2) is 8.81. The van der Waals surface area contributed by atoms with Crippen LogP contribution in [0.25, 0.3) is 0 Å². The average Bonchev–Trinajstić information content (AvgIpc) is 3.29. The van der Waals surface area contributed by atoms with E-state index >= 15 is 0 Å². The third-order valence-corrected chi connectivity index (χ3v) is 5.10. The summed E-state index contributed by atoms with van der Waals surface area (Å²) in [5.74, 6) is -0.371. The average molecular weight is 376 g/mol. The molecule has 0 spiro atoms. The fraction of sp³-hybridized carbons (Fsp3) is 0.412. The number of aliphatic carboxylic acids is 1. The second-order valence-electron chi connectivity index (χ2n) is 5.93. The highest BCUT2D eigenvalue weighted by molar-refractivity contribution is 7.99. The van der Waals surface area contributed by atoms with Gasteiger partial charge in [0, 0.05) is 17.3 Å². The van der Waals surface area contributed by atoms with Crippen molar-refractivity contribution in [3.8, 4) is 0 Å². The summed E-state index contributed by atoms with van der Waals surface area (Å²) in [5, 5.41) is 19.1. The van der Waals surface area contributed by atoms with E-state index in [1.807, 2.05) is 18.2 Å². The number of nitrogens with one attached hydrogen (secondary N) is 1. The van der Waals surface area contributed by atoms with Crippen LogP contribution in [0.1, 0.15) is 28.9 Å². The summed E-state index contributed by atoms with van der Waals surface area (Å²) in [6.45, 7) is 0.739. The van der Waals surface area contributed by atoms with Crippen LogP contribution in [0.4, 0.5) is 0 Å². The van der Waals surface area contributed by atoms with E-state index < -0.39 is 5.97 Å². The predicted octanol–water partition coefficient (Wildman–Crippen LogP) is 1.56. The maximum atomic E-state index is 12.5. The lowest BCUT2D eigenvalue weighted by molar-refractivity contribution is -0.137. The normalized spacial score (nSPS) is 16.5. The van der Waals surface area contributed by atoms with Crippen molar-refractivity contribution in [2.75, 3.05) is 12.4 Å². The maximum absolute atomic E-state index is 12.5. The summed E-state index contributed by atoms with van der Waals surface area (Å²) in [7, 11) is 0. The first-order valence-electron chi connectivity index (χ1n) is 8.34. The number of carbonyl (C=O) groups is 2. The van der Waals surface area contributed by atoms with Gasteiger partial charge in [-0.25, -0.2) is 4.68 Å². The maximum Gasteiger partial charge on any atom is 0.325 e. The number of nitrogens with zero attached hydrogens (tertiary/aromatic N) is 3. The van der Waals surface area contributed by atoms with Gasteiger partial charge in [-0.05, 0) is 25.0 Å². The molecule has 0 aliphatic carbocycles. The largest absolute Gasteiger partial charge is 0.480 e. The van der Waals surface area contributed by atoms with Crippen molar-refractivity contribution >= 4 is 23.6 Å². The Labute approximate surface area is 154 Å². The summed E-state index contributed by atoms with van der Waals surface area (Å²) in [6, 6.07) is 7.45. The molecule has 1 fully saturated rings. The highest BCUT2D eigenvalue weighted by Gasteiger charge is 2.18. The highest BCUT2D eigenvalue weighted by Crippen LogP contribution is 2.26. The Morgan fingerprint density at radius 1 is 1.38 bits per heavy atom. The van der Waals surface area contributed by atoms with Crippen molar-refractivity contribution in [2.45, 2.75) is 36.9 Å². The molecule has 138 valence electrons. The number of rotatable bonds is 8. The van der Waals surface area contributed by atoms with Crippen LogP contribution in [0.15, 0.2) is 35.4 Å². The van der Waals surface area contributed by atoms with Gasteiger partial charge < -0.3 is 15.2 Å². The Hall–Kier alpha value is -2.39. The van der Waals surface area contributed by atoms with Gasteiger partial charge in [-0.2, -0.15) is 0 Å². The molecule has 8 nitrogen and oxygen atoms in total. The van der Waals surface area contributed by atoms with Gasteiger partial charge in [0.05, 0.1) is 24.4 Å². The van der Waals surface area contributed by atoms with Crippen LogP contribution in [0.2, 0.25) is 0 Å². The van der Waals surface area contributed by atoms with Crippen molar-refractivity contribution in [1.29, 1.82) is 0 Å². The van der Waals surface area contributed by atoms with Crippen molar-refractivity contribution in [3.05, 3.63) is 41.7 Å². The molecule has 1 saturated heterocycles. The fourth-order valence-electron chi connectivity index (χ4n) is 2.64. The monoisotopic (exact) mass is 376 g/mol. The number of carbonyl (C=O) groups excluding carboxylic acids is 1. The van der Waals surface area contributed by atoms with Crippen LogP contribution in [0.3, 0.4) is 0 Å². The Bertz CT molecular complexity index is 774. The van der Waals surface area contributed by atoms with Gasteiger partial charge in [0.25, 0.3) is 5.91 Å². The Balaban J connectivity index is 1.57. The number of hydrogen-bond donors (Lipinski definition) is 2. The van der Waals surface area contributed by atoms with Gasteiger partial charge in [-0.1, -0.05) is 17.3 Å². The first kappa shape index (κ1) is 18.4. The second-order valence-corrected chi connectivity index (χ2v) is 6.99. The molecular weight excluding hydrogens is 356 g/mol. The van der Waals surface area contributed by atoms with Gasteiger partial charge in [-0.3, -0.25) is 9.59 Å². The smallest absolute Gasteiger partial charge is 0.325 e. The quantitative estimate of drug-likeness (QED) is 0.674. The van der Waals surface area contributed by atoms with E-state index in [9.17, 15) is 9.59 Å². The minimum absolute atomic E-state index is 0.184. The Morgan fingerprint density at radius 2 is 2.23 bits per heavy atom. The minimum Gasteiger partial charge on any atom is -0.480 e. The number of benzene rings is 1. The molecular formula is C17H20N4O4S. The molecule has 0 saturated carbocycles. The summed E-state index contributed by atoms with van der Waals surface area (Å²) in [5.41, 5.74) is 1.11. The molecule has 3 rings (SSSR count). The molecule has 1 aromatic carbocycles. The van der Waals surface area contributed by atoms with Crippen LogP contribution in [-0.4, -0.2) is 50.4 Å². The van der Waals surface area contributed by atoms with Crippen LogP contribution < -0.4 is 5.32 Å². The third kappa shape index (κ3) is 5.06. The first-order chi connectivity index (χ1) is 12.6. The van der Waals surface area contributed by atoms with Crippen LogP contribution in [0.5, 0.6) is 0 Å². The molecule has 1 aliphatic heterocycles.